The Morgan fingerprint density at radius 3 is 2.58 bits per heavy atom. The standard InChI is InChI=1S/C16H14BrNO/c17-14-5-7-15(8-6-14)19-12-11-18-10-9-13-3-1-2-4-16(13)18/h1-10H,11-12H2. The van der Waals surface area contributed by atoms with Crippen LogP contribution in [0.25, 0.3) is 10.9 Å². The molecule has 0 unspecified atom stereocenters. The van der Waals surface area contributed by atoms with Gasteiger partial charge in [0.05, 0.1) is 6.54 Å². The van der Waals surface area contributed by atoms with Crippen LogP contribution in [0.1, 0.15) is 0 Å². The first-order chi connectivity index (χ1) is 9.33. The summed E-state index contributed by atoms with van der Waals surface area (Å²) >= 11 is 3.41. The first-order valence-electron chi connectivity index (χ1n) is 6.25. The monoisotopic (exact) mass is 315 g/mol. The molecule has 1 aromatic heterocycles. The number of nitrogens with zero attached hydrogens (tertiary/aromatic N) is 1. The number of halogens is 1. The smallest absolute Gasteiger partial charge is 0.119 e. The molecule has 0 spiro atoms. The molecule has 0 radical (unpaired) electrons. The maximum atomic E-state index is 5.74. The lowest BCUT2D eigenvalue weighted by atomic mass is 10.2. The Labute approximate surface area is 120 Å². The van der Waals surface area contributed by atoms with E-state index in [1.807, 2.05) is 24.3 Å². The quantitative estimate of drug-likeness (QED) is 0.692. The third-order valence-corrected chi connectivity index (χ3v) is 3.62. The van der Waals surface area contributed by atoms with E-state index in [0.29, 0.717) is 6.61 Å². The topological polar surface area (TPSA) is 14.2 Å². The number of ether oxygens (including phenoxy) is 1. The number of benzene rings is 2. The molecule has 2 nitrogen and oxygen atoms in total. The van der Waals surface area contributed by atoms with Gasteiger partial charge in [-0.1, -0.05) is 34.1 Å². The lowest BCUT2D eigenvalue weighted by Gasteiger charge is -2.08. The molecule has 96 valence electrons. The Hall–Kier alpha value is -1.74. The van der Waals surface area contributed by atoms with Gasteiger partial charge in [0, 0.05) is 16.2 Å². The van der Waals surface area contributed by atoms with Crippen LogP contribution < -0.4 is 4.74 Å². The number of hydrogen-bond acceptors (Lipinski definition) is 1. The Kier molecular flexibility index (Phi) is 3.56. The van der Waals surface area contributed by atoms with Crippen molar-refractivity contribution in [3.05, 3.63) is 65.3 Å². The van der Waals surface area contributed by atoms with Crippen LogP contribution in [0.5, 0.6) is 5.75 Å². The molecular weight excluding hydrogens is 302 g/mol. The van der Waals surface area contributed by atoms with Crippen molar-refractivity contribution < 1.29 is 4.74 Å². The Morgan fingerprint density at radius 1 is 0.947 bits per heavy atom. The molecular formula is C16H14BrNO. The normalized spacial score (nSPS) is 10.8. The van der Waals surface area contributed by atoms with Crippen LogP contribution in [0.4, 0.5) is 0 Å². The summed E-state index contributed by atoms with van der Waals surface area (Å²) in [5.74, 6) is 0.902. The van der Waals surface area contributed by atoms with Gasteiger partial charge in [0.15, 0.2) is 0 Å². The van der Waals surface area contributed by atoms with E-state index in [-0.39, 0.29) is 0 Å². The molecule has 0 saturated carbocycles. The minimum atomic E-state index is 0.667. The van der Waals surface area contributed by atoms with E-state index in [0.717, 1.165) is 16.8 Å². The number of rotatable bonds is 4. The van der Waals surface area contributed by atoms with Gasteiger partial charge in [-0.15, -0.1) is 0 Å². The second-order valence-electron chi connectivity index (χ2n) is 4.37. The molecule has 3 rings (SSSR count). The summed E-state index contributed by atoms with van der Waals surface area (Å²) in [6.07, 6.45) is 2.11. The number of hydrogen-bond donors (Lipinski definition) is 0. The zero-order valence-corrected chi connectivity index (χ0v) is 12.0. The van der Waals surface area contributed by atoms with Gasteiger partial charge in [-0.3, -0.25) is 0 Å². The molecule has 19 heavy (non-hydrogen) atoms. The second kappa shape index (κ2) is 5.49. The van der Waals surface area contributed by atoms with E-state index in [1.54, 1.807) is 0 Å². The van der Waals surface area contributed by atoms with Gasteiger partial charge in [0.2, 0.25) is 0 Å². The van der Waals surface area contributed by atoms with Crippen LogP contribution in [-0.4, -0.2) is 11.2 Å². The van der Waals surface area contributed by atoms with Crippen LogP contribution in [-0.2, 0) is 6.54 Å². The zero-order valence-electron chi connectivity index (χ0n) is 10.4. The molecule has 0 fully saturated rings. The van der Waals surface area contributed by atoms with Crippen molar-refractivity contribution in [2.24, 2.45) is 0 Å². The molecule has 1 heterocycles. The van der Waals surface area contributed by atoms with Gasteiger partial charge in [0.1, 0.15) is 12.4 Å². The van der Waals surface area contributed by atoms with Gasteiger partial charge < -0.3 is 9.30 Å². The fourth-order valence-corrected chi connectivity index (χ4v) is 2.39. The second-order valence-corrected chi connectivity index (χ2v) is 5.29. The van der Waals surface area contributed by atoms with Gasteiger partial charge in [-0.25, -0.2) is 0 Å². The summed E-state index contributed by atoms with van der Waals surface area (Å²) in [5, 5.41) is 1.27. The molecule has 0 N–H and O–H groups in total. The minimum absolute atomic E-state index is 0.667. The van der Waals surface area contributed by atoms with Crippen LogP contribution in [0.15, 0.2) is 65.3 Å². The van der Waals surface area contributed by atoms with Crippen molar-refractivity contribution in [3.8, 4) is 5.75 Å². The average molecular weight is 316 g/mol. The predicted molar refractivity (Wildman–Crippen MR) is 81.6 cm³/mol. The molecule has 3 aromatic rings. The van der Waals surface area contributed by atoms with Crippen LogP contribution in [0.3, 0.4) is 0 Å². The summed E-state index contributed by atoms with van der Waals surface area (Å²) in [4.78, 5) is 0. The average Bonchev–Trinajstić information content (AvgIpc) is 2.85. The lowest BCUT2D eigenvalue weighted by Crippen LogP contribution is -2.06. The Morgan fingerprint density at radius 2 is 1.74 bits per heavy atom. The van der Waals surface area contributed by atoms with Crippen molar-refractivity contribution in [1.29, 1.82) is 0 Å². The molecule has 0 atom stereocenters. The molecule has 0 aliphatic heterocycles. The highest BCUT2D eigenvalue weighted by atomic mass is 79.9. The maximum absolute atomic E-state index is 5.74. The molecule has 2 aromatic carbocycles. The zero-order chi connectivity index (χ0) is 13.1. The van der Waals surface area contributed by atoms with E-state index >= 15 is 0 Å². The summed E-state index contributed by atoms with van der Waals surface area (Å²) in [6.45, 7) is 1.52. The lowest BCUT2D eigenvalue weighted by molar-refractivity contribution is 0.300. The summed E-state index contributed by atoms with van der Waals surface area (Å²) in [7, 11) is 0. The van der Waals surface area contributed by atoms with E-state index in [4.69, 9.17) is 4.74 Å². The van der Waals surface area contributed by atoms with Crippen molar-refractivity contribution in [3.63, 3.8) is 0 Å². The minimum Gasteiger partial charge on any atom is -0.492 e. The highest BCUT2D eigenvalue weighted by Crippen LogP contribution is 2.17. The molecule has 0 amide bonds. The SMILES string of the molecule is Brc1ccc(OCCn2ccc3ccccc32)cc1. The summed E-state index contributed by atoms with van der Waals surface area (Å²) < 4.78 is 9.02. The van der Waals surface area contributed by atoms with Crippen LogP contribution in [0.2, 0.25) is 0 Å². The van der Waals surface area contributed by atoms with Crippen molar-refractivity contribution >= 4 is 26.8 Å². The summed E-state index contributed by atoms with van der Waals surface area (Å²) in [5.41, 5.74) is 1.25. The van der Waals surface area contributed by atoms with E-state index in [1.165, 1.54) is 10.9 Å². The Bertz CT molecular complexity index is 673. The fourth-order valence-electron chi connectivity index (χ4n) is 2.13. The number of para-hydroxylation sites is 1. The molecule has 0 aliphatic carbocycles. The number of fused-ring (bicyclic) bond motifs is 1. The summed E-state index contributed by atoms with van der Waals surface area (Å²) in [6, 6.07) is 18.4. The third-order valence-electron chi connectivity index (χ3n) is 3.09. The van der Waals surface area contributed by atoms with Crippen LogP contribution in [0, 0.1) is 0 Å². The maximum Gasteiger partial charge on any atom is 0.119 e. The molecule has 0 aliphatic rings. The van der Waals surface area contributed by atoms with E-state index in [2.05, 4.69) is 57.0 Å². The van der Waals surface area contributed by atoms with Crippen molar-refractivity contribution in [1.82, 2.24) is 4.57 Å². The van der Waals surface area contributed by atoms with Gasteiger partial charge in [0.25, 0.3) is 0 Å². The van der Waals surface area contributed by atoms with Crippen molar-refractivity contribution in [2.45, 2.75) is 6.54 Å². The van der Waals surface area contributed by atoms with Gasteiger partial charge >= 0.3 is 0 Å². The predicted octanol–water partition coefficient (Wildman–Crippen LogP) is 4.48. The fraction of sp³-hybridized carbons (Fsp3) is 0.125. The van der Waals surface area contributed by atoms with E-state index < -0.39 is 0 Å². The first kappa shape index (κ1) is 12.3. The largest absolute Gasteiger partial charge is 0.492 e. The van der Waals surface area contributed by atoms with Gasteiger partial charge in [-0.05, 0) is 41.8 Å². The highest BCUT2D eigenvalue weighted by Gasteiger charge is 2.00. The Balaban J connectivity index is 1.65. The van der Waals surface area contributed by atoms with Crippen molar-refractivity contribution in [2.75, 3.05) is 6.61 Å². The number of aromatic nitrogens is 1. The van der Waals surface area contributed by atoms with Gasteiger partial charge in [-0.2, -0.15) is 0 Å². The molecule has 0 saturated heterocycles. The molecule has 3 heteroatoms. The third kappa shape index (κ3) is 2.82. The van der Waals surface area contributed by atoms with E-state index in [9.17, 15) is 0 Å². The van der Waals surface area contributed by atoms with Crippen LogP contribution >= 0.6 is 15.9 Å². The highest BCUT2D eigenvalue weighted by molar-refractivity contribution is 9.10. The first-order valence-corrected chi connectivity index (χ1v) is 7.04. The molecule has 0 bridgehead atoms.